The van der Waals surface area contributed by atoms with E-state index in [0.29, 0.717) is 24.5 Å². The summed E-state index contributed by atoms with van der Waals surface area (Å²) in [7, 11) is 0. The fourth-order valence-corrected chi connectivity index (χ4v) is 7.10. The van der Waals surface area contributed by atoms with Crippen LogP contribution in [0.2, 0.25) is 0 Å². The molecule has 0 bridgehead atoms. The highest BCUT2D eigenvalue weighted by molar-refractivity contribution is 7.79. The second kappa shape index (κ2) is 14.4. The molecule has 0 saturated carbocycles. The molecule has 1 N–H and O–H groups in total. The Hall–Kier alpha value is -5.80. The van der Waals surface area contributed by atoms with E-state index < -0.39 is 11.5 Å². The Morgan fingerprint density at radius 1 is 0.740 bits per heavy atom. The summed E-state index contributed by atoms with van der Waals surface area (Å²) in [5.74, 6) is 0.647. The van der Waals surface area contributed by atoms with Crippen LogP contribution in [-0.2, 0) is 24.3 Å². The van der Waals surface area contributed by atoms with Gasteiger partial charge in [0.05, 0.1) is 5.69 Å². The van der Waals surface area contributed by atoms with E-state index >= 15 is 0 Å². The summed E-state index contributed by atoms with van der Waals surface area (Å²) in [6, 6.07) is 47.4. The van der Waals surface area contributed by atoms with Gasteiger partial charge in [0.15, 0.2) is 11.5 Å². The van der Waals surface area contributed by atoms with Gasteiger partial charge in [-0.25, -0.2) is 14.5 Å². The fraction of sp³-hybridized carbons (Fsp3) is 0.146. The molecule has 0 aliphatic rings. The van der Waals surface area contributed by atoms with E-state index in [4.69, 9.17) is 5.21 Å². The summed E-state index contributed by atoms with van der Waals surface area (Å²) in [5.41, 5.74) is 6.68. The Labute approximate surface area is 296 Å². The monoisotopic (exact) mass is 676 g/mol. The lowest BCUT2D eigenvalue weighted by Gasteiger charge is -2.36. The Balaban J connectivity index is 1.34. The van der Waals surface area contributed by atoms with Gasteiger partial charge >= 0.3 is 5.97 Å². The summed E-state index contributed by atoms with van der Waals surface area (Å²) >= 11 is 4.35. The van der Waals surface area contributed by atoms with Gasteiger partial charge in [-0.1, -0.05) is 146 Å². The van der Waals surface area contributed by atoms with Crippen molar-refractivity contribution in [2.45, 2.75) is 37.6 Å². The molecular formula is C41H36N6O2S. The van der Waals surface area contributed by atoms with Crippen molar-refractivity contribution in [3.8, 4) is 22.5 Å². The zero-order valence-corrected chi connectivity index (χ0v) is 28.5. The molecule has 7 rings (SSSR count). The number of carboxylic acids is 1. The zero-order valence-electron chi connectivity index (χ0n) is 27.6. The molecule has 7 aromatic rings. The van der Waals surface area contributed by atoms with Gasteiger partial charge < -0.3 is 9.67 Å². The lowest BCUT2D eigenvalue weighted by atomic mass is 9.77. The van der Waals surface area contributed by atoms with Crippen LogP contribution in [0, 0.1) is 0 Å². The van der Waals surface area contributed by atoms with Gasteiger partial charge in [-0.3, -0.25) is 0 Å². The molecule has 0 atom stereocenters. The lowest BCUT2D eigenvalue weighted by molar-refractivity contribution is 0.0684. The van der Waals surface area contributed by atoms with Gasteiger partial charge in [0, 0.05) is 24.3 Å². The zero-order chi connectivity index (χ0) is 34.5. The summed E-state index contributed by atoms with van der Waals surface area (Å²) in [6.07, 6.45) is 1.54. The SMILES string of the molecule is CCCc1nc(CS)c(C(=O)O)n1Cc1ccc(-c2ccccc2-c2nnnn2C(c2ccccc2)(c2ccccc2)c2ccccc2)cc1. The number of hydrogen-bond acceptors (Lipinski definition) is 6. The second-order valence-electron chi connectivity index (χ2n) is 12.1. The molecule has 2 heterocycles. The average molecular weight is 677 g/mol. The van der Waals surface area contributed by atoms with Crippen LogP contribution in [0.4, 0.5) is 0 Å². The van der Waals surface area contributed by atoms with Gasteiger partial charge in [-0.2, -0.15) is 12.6 Å². The molecule has 0 amide bonds. The molecule has 9 heteroatoms. The normalized spacial score (nSPS) is 11.5. The molecule has 0 saturated heterocycles. The molecule has 50 heavy (non-hydrogen) atoms. The minimum absolute atomic E-state index is 0.198. The number of nitrogens with zero attached hydrogens (tertiary/aromatic N) is 6. The summed E-state index contributed by atoms with van der Waals surface area (Å²) in [4.78, 5) is 16.9. The van der Waals surface area contributed by atoms with E-state index in [0.717, 1.165) is 51.2 Å². The number of aromatic nitrogens is 6. The van der Waals surface area contributed by atoms with Crippen LogP contribution in [0.15, 0.2) is 140 Å². The molecule has 5 aromatic carbocycles. The quantitative estimate of drug-likeness (QED) is 0.100. The van der Waals surface area contributed by atoms with E-state index in [-0.39, 0.29) is 11.4 Å². The first-order chi connectivity index (χ1) is 24.6. The van der Waals surface area contributed by atoms with Crippen LogP contribution in [0.25, 0.3) is 22.5 Å². The van der Waals surface area contributed by atoms with Gasteiger partial charge in [-0.05, 0) is 50.2 Å². The molecule has 248 valence electrons. The number of rotatable bonds is 12. The molecule has 2 aromatic heterocycles. The van der Waals surface area contributed by atoms with Crippen molar-refractivity contribution in [2.24, 2.45) is 0 Å². The maximum atomic E-state index is 12.3. The predicted octanol–water partition coefficient (Wildman–Crippen LogP) is 8.17. The Bertz CT molecular complexity index is 2120. The first-order valence-electron chi connectivity index (χ1n) is 16.6. The number of carbonyl (C=O) groups is 1. The second-order valence-corrected chi connectivity index (χ2v) is 12.4. The standard InChI is InChI=1S/C41H36N6O2S/c1-2-14-37-42-36(28-50)38(40(48)49)46(37)27-29-23-25-30(26-24-29)34-21-12-13-22-35(34)39-43-44-45-47(39)41(31-15-6-3-7-16-31,32-17-8-4-9-18-32)33-19-10-5-11-20-33/h3-13,15-26,50H,2,14,27-28H2,1H3,(H,48,49). The fourth-order valence-electron chi connectivity index (χ4n) is 6.88. The third-order valence-corrected chi connectivity index (χ3v) is 9.38. The number of tetrazole rings is 1. The topological polar surface area (TPSA) is 98.7 Å². The largest absolute Gasteiger partial charge is 0.477 e. The van der Waals surface area contributed by atoms with Crippen LogP contribution in [0.1, 0.15) is 57.6 Å². The van der Waals surface area contributed by atoms with Crippen molar-refractivity contribution < 1.29 is 9.90 Å². The number of thiol groups is 1. The van der Waals surface area contributed by atoms with Crippen LogP contribution in [-0.4, -0.2) is 40.8 Å². The molecule has 0 radical (unpaired) electrons. The molecule has 0 fully saturated rings. The average Bonchev–Trinajstić information content (AvgIpc) is 3.79. The number of aryl methyl sites for hydroxylation is 1. The van der Waals surface area contributed by atoms with Gasteiger partial charge in [-0.15, -0.1) is 5.10 Å². The highest BCUT2D eigenvalue weighted by Gasteiger charge is 2.42. The van der Waals surface area contributed by atoms with E-state index in [9.17, 15) is 9.90 Å². The van der Waals surface area contributed by atoms with Crippen LogP contribution >= 0.6 is 12.6 Å². The maximum absolute atomic E-state index is 12.3. The first-order valence-corrected chi connectivity index (χ1v) is 17.3. The van der Waals surface area contributed by atoms with Crippen molar-refractivity contribution in [3.63, 3.8) is 0 Å². The van der Waals surface area contributed by atoms with Crippen molar-refractivity contribution in [2.75, 3.05) is 0 Å². The molecule has 0 unspecified atom stereocenters. The molecular weight excluding hydrogens is 641 g/mol. The van der Waals surface area contributed by atoms with Crippen LogP contribution < -0.4 is 0 Å². The van der Waals surface area contributed by atoms with Crippen LogP contribution in [0.5, 0.6) is 0 Å². The summed E-state index contributed by atoms with van der Waals surface area (Å²) in [6.45, 7) is 2.46. The predicted molar refractivity (Wildman–Crippen MR) is 198 cm³/mol. The maximum Gasteiger partial charge on any atom is 0.354 e. The molecule has 0 aliphatic carbocycles. The minimum atomic E-state index is -0.996. The smallest absolute Gasteiger partial charge is 0.354 e. The number of imidazole rings is 1. The van der Waals surface area contributed by atoms with Crippen LogP contribution in [0.3, 0.4) is 0 Å². The third kappa shape index (κ3) is 5.90. The first kappa shape index (κ1) is 32.7. The summed E-state index contributed by atoms with van der Waals surface area (Å²) < 4.78 is 3.76. The van der Waals surface area contributed by atoms with Gasteiger partial charge in [0.25, 0.3) is 0 Å². The highest BCUT2D eigenvalue weighted by Crippen LogP contribution is 2.43. The van der Waals surface area contributed by atoms with Crippen molar-refractivity contribution in [3.05, 3.63) is 179 Å². The van der Waals surface area contributed by atoms with E-state index in [1.807, 2.05) is 88.1 Å². The van der Waals surface area contributed by atoms with E-state index in [1.54, 1.807) is 0 Å². The summed E-state index contributed by atoms with van der Waals surface area (Å²) in [5, 5.41) is 23.7. The minimum Gasteiger partial charge on any atom is -0.477 e. The highest BCUT2D eigenvalue weighted by atomic mass is 32.1. The number of carboxylic acid groups (broad SMARTS) is 1. The van der Waals surface area contributed by atoms with Crippen molar-refractivity contribution in [1.82, 2.24) is 29.8 Å². The van der Waals surface area contributed by atoms with Crippen molar-refractivity contribution in [1.29, 1.82) is 0 Å². The molecule has 0 aliphatic heterocycles. The Kier molecular flexibility index (Phi) is 9.40. The lowest BCUT2D eigenvalue weighted by Crippen LogP contribution is -2.39. The number of aromatic carboxylic acids is 1. The number of hydrogen-bond donors (Lipinski definition) is 2. The van der Waals surface area contributed by atoms with Gasteiger partial charge in [0.2, 0.25) is 0 Å². The Morgan fingerprint density at radius 2 is 1.28 bits per heavy atom. The van der Waals surface area contributed by atoms with Gasteiger partial charge in [0.1, 0.15) is 11.4 Å². The Morgan fingerprint density at radius 3 is 1.80 bits per heavy atom. The third-order valence-electron chi connectivity index (χ3n) is 9.08. The van der Waals surface area contributed by atoms with E-state index in [1.165, 1.54) is 0 Å². The number of benzene rings is 5. The molecule has 0 spiro atoms. The van der Waals surface area contributed by atoms with E-state index in [2.05, 4.69) is 95.5 Å². The molecule has 8 nitrogen and oxygen atoms in total. The van der Waals surface area contributed by atoms with Crippen molar-refractivity contribution >= 4 is 18.6 Å².